The summed E-state index contributed by atoms with van der Waals surface area (Å²) in [6, 6.07) is 0. The summed E-state index contributed by atoms with van der Waals surface area (Å²) in [6.45, 7) is 3.29. The van der Waals surface area contributed by atoms with Crippen LogP contribution in [0.15, 0.2) is 6.20 Å². The molecule has 1 aromatic heterocycles. The highest BCUT2D eigenvalue weighted by atomic mass is 32.2. The number of carbonyl (C=O) groups excluding carboxylic acids is 1. The molecule has 9 heteroatoms. The van der Waals surface area contributed by atoms with Crippen molar-refractivity contribution in [1.29, 1.82) is 0 Å². The van der Waals surface area contributed by atoms with Crippen LogP contribution in [0.25, 0.3) is 0 Å². The lowest BCUT2D eigenvalue weighted by Gasteiger charge is -2.23. The topological polar surface area (TPSA) is 93.5 Å². The van der Waals surface area contributed by atoms with Crippen molar-refractivity contribution >= 4 is 15.9 Å². The van der Waals surface area contributed by atoms with Gasteiger partial charge < -0.3 is 14.2 Å². The molecule has 2 aliphatic rings. The van der Waals surface area contributed by atoms with E-state index in [9.17, 15) is 13.2 Å². The molecule has 0 radical (unpaired) electrons. The molecule has 1 atom stereocenters. The number of fused-ring (bicyclic) bond motifs is 1. The Hall–Kier alpha value is -1.45. The second kappa shape index (κ2) is 6.58. The van der Waals surface area contributed by atoms with Gasteiger partial charge >= 0.3 is 0 Å². The summed E-state index contributed by atoms with van der Waals surface area (Å²) in [5.41, 5.74) is 0.823. The normalized spacial score (nSPS) is 22.0. The molecule has 3 rings (SSSR count). The summed E-state index contributed by atoms with van der Waals surface area (Å²) in [5, 5.41) is 0. The number of ether oxygens (including phenoxy) is 1. The predicted molar refractivity (Wildman–Crippen MR) is 83.1 cm³/mol. The zero-order valence-electron chi connectivity index (χ0n) is 13.2. The van der Waals surface area contributed by atoms with Crippen molar-refractivity contribution in [3.05, 3.63) is 17.7 Å². The molecule has 0 unspecified atom stereocenters. The monoisotopic (exact) mass is 342 g/mol. The van der Waals surface area contributed by atoms with Crippen molar-refractivity contribution < 1.29 is 17.9 Å². The molecule has 128 valence electrons. The third-order valence-corrected chi connectivity index (χ3v) is 4.99. The number of amides is 1. The van der Waals surface area contributed by atoms with Crippen molar-refractivity contribution in [3.63, 3.8) is 0 Å². The molecule has 1 amide bonds. The molecule has 1 saturated heterocycles. The molecule has 1 N–H and O–H groups in total. The van der Waals surface area contributed by atoms with Crippen LogP contribution in [0.3, 0.4) is 0 Å². The number of rotatable bonds is 4. The Morgan fingerprint density at radius 1 is 1.43 bits per heavy atom. The van der Waals surface area contributed by atoms with Gasteiger partial charge in [0.1, 0.15) is 5.82 Å². The largest absolute Gasteiger partial charge is 0.381 e. The molecule has 0 spiro atoms. The van der Waals surface area contributed by atoms with Gasteiger partial charge in [0.2, 0.25) is 15.9 Å². The van der Waals surface area contributed by atoms with E-state index in [0.717, 1.165) is 24.2 Å². The minimum Gasteiger partial charge on any atom is -0.381 e. The maximum atomic E-state index is 12.5. The summed E-state index contributed by atoms with van der Waals surface area (Å²) in [5.74, 6) is 1.03. The average Bonchev–Trinajstić information content (AvgIpc) is 3.10. The summed E-state index contributed by atoms with van der Waals surface area (Å²) in [4.78, 5) is 18.7. The van der Waals surface area contributed by atoms with Gasteiger partial charge in [-0.05, 0) is 6.42 Å². The minimum atomic E-state index is -3.24. The third-order valence-electron chi connectivity index (χ3n) is 4.33. The maximum absolute atomic E-state index is 12.5. The van der Waals surface area contributed by atoms with Crippen LogP contribution < -0.4 is 4.72 Å². The number of nitrogens with one attached hydrogen (secondary N) is 1. The predicted octanol–water partition coefficient (Wildman–Crippen LogP) is -0.646. The summed E-state index contributed by atoms with van der Waals surface area (Å²) < 4.78 is 32.3. The number of sulfonamides is 1. The molecule has 2 aliphatic heterocycles. The van der Waals surface area contributed by atoms with Crippen LogP contribution in [0.1, 0.15) is 17.9 Å². The van der Waals surface area contributed by atoms with Gasteiger partial charge in [-0.15, -0.1) is 0 Å². The standard InChI is InChI=1S/C14H22N4O4S/c1-23(20,21)16-9-12-8-15-13-2-4-17(5-6-18(12)13)14(19)11-3-7-22-10-11/h8,11,16H,2-7,9-10H2,1H3/t11-/m0/s1. The van der Waals surface area contributed by atoms with Crippen LogP contribution in [0, 0.1) is 5.92 Å². The molecule has 0 aliphatic carbocycles. The van der Waals surface area contributed by atoms with Gasteiger partial charge in [0.05, 0.1) is 31.0 Å². The Bertz CT molecular complexity index is 679. The van der Waals surface area contributed by atoms with E-state index in [-0.39, 0.29) is 18.4 Å². The zero-order chi connectivity index (χ0) is 16.4. The number of imidazole rings is 1. The number of aromatic nitrogens is 2. The van der Waals surface area contributed by atoms with Crippen molar-refractivity contribution in [2.75, 3.05) is 32.6 Å². The van der Waals surface area contributed by atoms with Crippen molar-refractivity contribution in [2.24, 2.45) is 5.92 Å². The molecule has 1 aromatic rings. The number of carbonyl (C=O) groups is 1. The van der Waals surface area contributed by atoms with Crippen LogP contribution in [-0.4, -0.2) is 61.3 Å². The molecule has 0 bridgehead atoms. The smallest absolute Gasteiger partial charge is 0.228 e. The fourth-order valence-corrected chi connectivity index (χ4v) is 3.46. The first-order valence-electron chi connectivity index (χ1n) is 7.78. The van der Waals surface area contributed by atoms with Crippen molar-refractivity contribution in [3.8, 4) is 0 Å². The highest BCUT2D eigenvalue weighted by Gasteiger charge is 2.29. The summed E-state index contributed by atoms with van der Waals surface area (Å²) in [7, 11) is -3.24. The second-order valence-electron chi connectivity index (χ2n) is 6.05. The SMILES string of the molecule is CS(=O)(=O)NCc1cnc2n1CCN(C(=O)[C@H]1CCOC1)CC2. The molecule has 0 saturated carbocycles. The van der Waals surface area contributed by atoms with Crippen LogP contribution >= 0.6 is 0 Å². The van der Waals surface area contributed by atoms with E-state index in [2.05, 4.69) is 9.71 Å². The quantitative estimate of drug-likeness (QED) is 0.785. The van der Waals surface area contributed by atoms with E-state index in [0.29, 0.717) is 39.3 Å². The van der Waals surface area contributed by atoms with Gasteiger partial charge in [-0.3, -0.25) is 4.79 Å². The zero-order valence-corrected chi connectivity index (χ0v) is 14.0. The lowest BCUT2D eigenvalue weighted by Crippen LogP contribution is -2.38. The first kappa shape index (κ1) is 16.4. The Labute approximate surface area is 135 Å². The molecule has 23 heavy (non-hydrogen) atoms. The fraction of sp³-hybridized carbons (Fsp3) is 0.714. The van der Waals surface area contributed by atoms with Gasteiger partial charge in [0.15, 0.2) is 0 Å². The first-order valence-corrected chi connectivity index (χ1v) is 9.67. The second-order valence-corrected chi connectivity index (χ2v) is 7.88. The first-order chi connectivity index (χ1) is 10.9. The lowest BCUT2D eigenvalue weighted by atomic mass is 10.1. The Morgan fingerprint density at radius 3 is 2.96 bits per heavy atom. The molecule has 3 heterocycles. The maximum Gasteiger partial charge on any atom is 0.228 e. The molecular weight excluding hydrogens is 320 g/mol. The average molecular weight is 342 g/mol. The Kier molecular flexibility index (Phi) is 4.69. The highest BCUT2D eigenvalue weighted by molar-refractivity contribution is 7.88. The molecular formula is C14H22N4O4S. The van der Waals surface area contributed by atoms with Gasteiger partial charge in [-0.1, -0.05) is 0 Å². The van der Waals surface area contributed by atoms with E-state index in [1.807, 2.05) is 9.47 Å². The van der Waals surface area contributed by atoms with Gasteiger partial charge in [0.25, 0.3) is 0 Å². The number of hydrogen-bond donors (Lipinski definition) is 1. The van der Waals surface area contributed by atoms with Crippen LogP contribution in [0.2, 0.25) is 0 Å². The van der Waals surface area contributed by atoms with Gasteiger partial charge in [-0.2, -0.15) is 0 Å². The molecule has 1 fully saturated rings. The minimum absolute atomic E-state index is 0.0215. The van der Waals surface area contributed by atoms with Crippen LogP contribution in [0.4, 0.5) is 0 Å². The number of hydrogen-bond acceptors (Lipinski definition) is 5. The fourth-order valence-electron chi connectivity index (χ4n) is 3.05. The van der Waals surface area contributed by atoms with Gasteiger partial charge in [0, 0.05) is 38.9 Å². The van der Waals surface area contributed by atoms with Crippen molar-refractivity contribution in [1.82, 2.24) is 19.2 Å². The van der Waals surface area contributed by atoms with E-state index in [1.54, 1.807) is 6.20 Å². The van der Waals surface area contributed by atoms with E-state index in [1.165, 1.54) is 0 Å². The van der Waals surface area contributed by atoms with Crippen molar-refractivity contribution in [2.45, 2.75) is 25.9 Å². The van der Waals surface area contributed by atoms with E-state index < -0.39 is 10.0 Å². The summed E-state index contributed by atoms with van der Waals surface area (Å²) >= 11 is 0. The summed E-state index contributed by atoms with van der Waals surface area (Å²) in [6.07, 6.45) is 4.31. The molecule has 0 aromatic carbocycles. The number of nitrogens with zero attached hydrogens (tertiary/aromatic N) is 3. The third kappa shape index (κ3) is 3.91. The Balaban J connectivity index is 1.66. The lowest BCUT2D eigenvalue weighted by molar-refractivity contribution is -0.135. The van der Waals surface area contributed by atoms with Crippen LogP contribution in [-0.2, 0) is 39.1 Å². The molecule has 8 nitrogen and oxygen atoms in total. The van der Waals surface area contributed by atoms with E-state index >= 15 is 0 Å². The van der Waals surface area contributed by atoms with Crippen LogP contribution in [0.5, 0.6) is 0 Å². The van der Waals surface area contributed by atoms with E-state index in [4.69, 9.17) is 4.74 Å². The van der Waals surface area contributed by atoms with Gasteiger partial charge in [-0.25, -0.2) is 18.1 Å². The Morgan fingerprint density at radius 2 is 2.26 bits per heavy atom. The highest BCUT2D eigenvalue weighted by Crippen LogP contribution is 2.18.